The van der Waals surface area contributed by atoms with Crippen LogP contribution in [0.15, 0.2) is 65.7 Å². The van der Waals surface area contributed by atoms with Gasteiger partial charge in [-0.25, -0.2) is 13.4 Å². The van der Waals surface area contributed by atoms with Crippen LogP contribution < -0.4 is 9.62 Å². The van der Waals surface area contributed by atoms with Gasteiger partial charge >= 0.3 is 0 Å². The standard InChI is InChI=1S/C26H27N5O3S/c1-19-10-11-20(2)24(17-19)35(33,34)29-23-9-4-3-8-22(23)26(32)31-14-6-13-30(15-16-31)25-21(18-27)7-5-12-28-25/h3-5,7-12,17,29H,6,13-16H2,1-2H3. The molecule has 0 aliphatic carbocycles. The van der Waals surface area contributed by atoms with Crippen molar-refractivity contribution in [3.05, 3.63) is 83.0 Å². The molecule has 3 aromatic rings. The van der Waals surface area contributed by atoms with E-state index in [4.69, 9.17) is 0 Å². The summed E-state index contributed by atoms with van der Waals surface area (Å²) < 4.78 is 29.0. The zero-order valence-electron chi connectivity index (χ0n) is 19.7. The van der Waals surface area contributed by atoms with Crippen LogP contribution in [-0.2, 0) is 10.0 Å². The molecular weight excluding hydrogens is 462 g/mol. The second-order valence-electron chi connectivity index (χ2n) is 8.54. The van der Waals surface area contributed by atoms with E-state index in [1.54, 1.807) is 66.6 Å². The molecule has 0 spiro atoms. The SMILES string of the molecule is Cc1ccc(C)c(S(=O)(=O)Nc2ccccc2C(=O)N2CCCN(c3ncccc3C#N)CC2)c1. The van der Waals surface area contributed by atoms with Crippen LogP contribution in [0.25, 0.3) is 0 Å². The quantitative estimate of drug-likeness (QED) is 0.585. The predicted molar refractivity (Wildman–Crippen MR) is 135 cm³/mol. The summed E-state index contributed by atoms with van der Waals surface area (Å²) in [6, 6.07) is 17.5. The molecule has 0 saturated carbocycles. The summed E-state index contributed by atoms with van der Waals surface area (Å²) in [5.41, 5.74) is 2.51. The molecular formula is C26H27N5O3S. The van der Waals surface area contributed by atoms with Gasteiger partial charge in [-0.2, -0.15) is 5.26 Å². The zero-order valence-corrected chi connectivity index (χ0v) is 20.5. The highest BCUT2D eigenvalue weighted by molar-refractivity contribution is 7.92. The molecule has 1 aliphatic rings. The molecule has 0 atom stereocenters. The maximum Gasteiger partial charge on any atom is 0.262 e. The first-order valence-electron chi connectivity index (χ1n) is 11.4. The third-order valence-electron chi connectivity index (χ3n) is 6.02. The number of aryl methyl sites for hydroxylation is 2. The number of carbonyl (C=O) groups is 1. The molecule has 1 N–H and O–H groups in total. The van der Waals surface area contributed by atoms with Crippen molar-refractivity contribution in [2.45, 2.75) is 25.2 Å². The average Bonchev–Trinajstić information content (AvgIpc) is 3.11. The molecule has 180 valence electrons. The summed E-state index contributed by atoms with van der Waals surface area (Å²) >= 11 is 0. The van der Waals surface area contributed by atoms with Crippen molar-refractivity contribution in [1.29, 1.82) is 5.26 Å². The van der Waals surface area contributed by atoms with Gasteiger partial charge in [0.2, 0.25) is 0 Å². The Balaban J connectivity index is 1.55. The number of para-hydroxylation sites is 1. The molecule has 0 unspecified atom stereocenters. The largest absolute Gasteiger partial charge is 0.354 e. The fraction of sp³-hybridized carbons (Fsp3) is 0.269. The van der Waals surface area contributed by atoms with Gasteiger partial charge in [0.05, 0.1) is 21.7 Å². The van der Waals surface area contributed by atoms with Crippen molar-refractivity contribution in [3.8, 4) is 6.07 Å². The van der Waals surface area contributed by atoms with Gasteiger partial charge in [-0.3, -0.25) is 9.52 Å². The fourth-order valence-corrected chi connectivity index (χ4v) is 5.60. The Labute approximate surface area is 205 Å². The van der Waals surface area contributed by atoms with Gasteiger partial charge in [0.25, 0.3) is 15.9 Å². The van der Waals surface area contributed by atoms with E-state index in [9.17, 15) is 18.5 Å². The monoisotopic (exact) mass is 489 g/mol. The third kappa shape index (κ3) is 5.28. The lowest BCUT2D eigenvalue weighted by molar-refractivity contribution is 0.0768. The van der Waals surface area contributed by atoms with Gasteiger partial charge in [-0.05, 0) is 61.7 Å². The van der Waals surface area contributed by atoms with E-state index >= 15 is 0 Å². The number of pyridine rings is 1. The Morgan fingerprint density at radius 3 is 2.63 bits per heavy atom. The fourth-order valence-electron chi connectivity index (χ4n) is 4.19. The number of aromatic nitrogens is 1. The summed E-state index contributed by atoms with van der Waals surface area (Å²) in [6.07, 6.45) is 2.35. The first-order chi connectivity index (χ1) is 16.8. The Morgan fingerprint density at radius 1 is 1.03 bits per heavy atom. The molecule has 1 amide bonds. The Bertz CT molecular complexity index is 1400. The molecule has 8 nitrogen and oxygen atoms in total. The maximum atomic E-state index is 13.5. The number of hydrogen-bond donors (Lipinski definition) is 1. The number of nitrogens with one attached hydrogen (secondary N) is 1. The average molecular weight is 490 g/mol. The van der Waals surface area contributed by atoms with Crippen LogP contribution in [0.1, 0.15) is 33.5 Å². The smallest absolute Gasteiger partial charge is 0.262 e. The number of nitriles is 1. The topological polar surface area (TPSA) is 106 Å². The van der Waals surface area contributed by atoms with E-state index in [1.807, 2.05) is 17.9 Å². The molecule has 1 aromatic heterocycles. The number of anilines is 2. The number of sulfonamides is 1. The van der Waals surface area contributed by atoms with Crippen LogP contribution in [-0.4, -0.2) is 50.4 Å². The molecule has 0 radical (unpaired) electrons. The van der Waals surface area contributed by atoms with Crippen molar-refractivity contribution in [2.24, 2.45) is 0 Å². The van der Waals surface area contributed by atoms with Crippen LogP contribution in [0.2, 0.25) is 0 Å². The Kier molecular flexibility index (Phi) is 7.03. The minimum absolute atomic E-state index is 0.189. The third-order valence-corrected chi connectivity index (χ3v) is 7.53. The molecule has 1 aliphatic heterocycles. The Hall–Kier alpha value is -3.90. The second kappa shape index (κ2) is 10.2. The summed E-state index contributed by atoms with van der Waals surface area (Å²) in [5.74, 6) is 0.374. The van der Waals surface area contributed by atoms with Gasteiger partial charge in [-0.15, -0.1) is 0 Å². The molecule has 2 heterocycles. The molecule has 0 bridgehead atoms. The zero-order chi connectivity index (χ0) is 25.0. The lowest BCUT2D eigenvalue weighted by atomic mass is 10.1. The minimum atomic E-state index is -3.88. The van der Waals surface area contributed by atoms with Crippen LogP contribution >= 0.6 is 0 Å². The van der Waals surface area contributed by atoms with Crippen molar-refractivity contribution in [2.75, 3.05) is 35.8 Å². The number of hydrogen-bond acceptors (Lipinski definition) is 6. The van der Waals surface area contributed by atoms with Crippen molar-refractivity contribution < 1.29 is 13.2 Å². The molecule has 9 heteroatoms. The Morgan fingerprint density at radius 2 is 1.83 bits per heavy atom. The number of carbonyl (C=O) groups excluding carboxylic acids is 1. The normalized spacial score (nSPS) is 14.2. The number of nitrogens with zero attached hydrogens (tertiary/aromatic N) is 4. The summed E-state index contributed by atoms with van der Waals surface area (Å²) in [4.78, 5) is 21.8. The minimum Gasteiger partial charge on any atom is -0.354 e. The van der Waals surface area contributed by atoms with E-state index < -0.39 is 10.0 Å². The van der Waals surface area contributed by atoms with E-state index in [-0.39, 0.29) is 16.5 Å². The van der Waals surface area contributed by atoms with Gasteiger partial charge < -0.3 is 9.80 Å². The first kappa shape index (κ1) is 24.2. The molecule has 1 fully saturated rings. The lowest BCUT2D eigenvalue weighted by Crippen LogP contribution is -2.36. The molecule has 35 heavy (non-hydrogen) atoms. The van der Waals surface area contributed by atoms with Gasteiger partial charge in [-0.1, -0.05) is 24.3 Å². The molecule has 2 aromatic carbocycles. The van der Waals surface area contributed by atoms with Crippen LogP contribution in [0.3, 0.4) is 0 Å². The van der Waals surface area contributed by atoms with Gasteiger partial charge in [0.1, 0.15) is 11.9 Å². The van der Waals surface area contributed by atoms with E-state index in [0.29, 0.717) is 55.1 Å². The lowest BCUT2D eigenvalue weighted by Gasteiger charge is -2.24. The van der Waals surface area contributed by atoms with Crippen LogP contribution in [0.4, 0.5) is 11.5 Å². The highest BCUT2D eigenvalue weighted by Gasteiger charge is 2.26. The molecule has 4 rings (SSSR count). The highest BCUT2D eigenvalue weighted by atomic mass is 32.2. The van der Waals surface area contributed by atoms with Crippen molar-refractivity contribution in [1.82, 2.24) is 9.88 Å². The van der Waals surface area contributed by atoms with E-state index in [0.717, 1.165) is 5.56 Å². The van der Waals surface area contributed by atoms with Crippen LogP contribution in [0.5, 0.6) is 0 Å². The number of benzene rings is 2. The number of amides is 1. The van der Waals surface area contributed by atoms with Crippen LogP contribution in [0, 0.1) is 25.2 Å². The van der Waals surface area contributed by atoms with Gasteiger partial charge in [0.15, 0.2) is 0 Å². The summed E-state index contributed by atoms with van der Waals surface area (Å²) in [7, 11) is -3.88. The highest BCUT2D eigenvalue weighted by Crippen LogP contribution is 2.25. The van der Waals surface area contributed by atoms with E-state index in [2.05, 4.69) is 15.8 Å². The predicted octanol–water partition coefficient (Wildman–Crippen LogP) is 3.72. The maximum absolute atomic E-state index is 13.5. The van der Waals surface area contributed by atoms with Crippen molar-refractivity contribution in [3.63, 3.8) is 0 Å². The first-order valence-corrected chi connectivity index (χ1v) is 12.9. The molecule has 1 saturated heterocycles. The summed E-state index contributed by atoms with van der Waals surface area (Å²) in [6.45, 7) is 5.71. The number of rotatable bonds is 5. The summed E-state index contributed by atoms with van der Waals surface area (Å²) in [5, 5.41) is 9.41. The van der Waals surface area contributed by atoms with Gasteiger partial charge in [0, 0.05) is 32.4 Å². The van der Waals surface area contributed by atoms with E-state index in [1.165, 1.54) is 0 Å². The van der Waals surface area contributed by atoms with Crippen molar-refractivity contribution >= 4 is 27.4 Å². The second-order valence-corrected chi connectivity index (χ2v) is 10.2.